The summed E-state index contributed by atoms with van der Waals surface area (Å²) in [4.78, 5) is 28.1. The molecule has 1 aliphatic rings. The van der Waals surface area contributed by atoms with Crippen LogP contribution in [0.2, 0.25) is 0 Å². The molecule has 0 aromatic carbocycles. The molecule has 0 saturated carbocycles. The van der Waals surface area contributed by atoms with E-state index in [2.05, 4.69) is 19.9 Å². The highest BCUT2D eigenvalue weighted by Gasteiger charge is 2.18. The van der Waals surface area contributed by atoms with Gasteiger partial charge in [0.1, 0.15) is 0 Å². The Balaban J connectivity index is 1.86. The van der Waals surface area contributed by atoms with Crippen LogP contribution in [-0.2, 0) is 10.0 Å². The molecule has 0 unspecified atom stereocenters. The van der Waals surface area contributed by atoms with Gasteiger partial charge < -0.3 is 15.2 Å². The van der Waals surface area contributed by atoms with E-state index in [4.69, 9.17) is 0 Å². The van der Waals surface area contributed by atoms with Gasteiger partial charge in [0.2, 0.25) is 10.0 Å². The number of hydrogen-bond acceptors (Lipinski definition) is 6. The Kier molecular flexibility index (Phi) is 5.28. The van der Waals surface area contributed by atoms with Gasteiger partial charge in [0, 0.05) is 38.9 Å². The first-order valence-electron chi connectivity index (χ1n) is 6.74. The molecule has 1 aromatic heterocycles. The molecule has 0 spiro atoms. The lowest BCUT2D eigenvalue weighted by Gasteiger charge is -2.26. The average molecular weight is 317 g/mol. The molecule has 21 heavy (non-hydrogen) atoms. The number of rotatable bonds is 6. The summed E-state index contributed by atoms with van der Waals surface area (Å²) in [5.41, 5.74) is -1.66. The van der Waals surface area contributed by atoms with Gasteiger partial charge in [-0.1, -0.05) is 0 Å². The third-order valence-corrected chi connectivity index (χ3v) is 4.69. The lowest BCUT2D eigenvalue weighted by atomic mass is 10.3. The van der Waals surface area contributed by atoms with Crippen LogP contribution in [0.3, 0.4) is 0 Å². The molecule has 2 rings (SSSR count). The van der Waals surface area contributed by atoms with Crippen LogP contribution in [0.4, 0.5) is 0 Å². The first-order chi connectivity index (χ1) is 9.99. The van der Waals surface area contributed by atoms with Gasteiger partial charge in [-0.25, -0.2) is 17.9 Å². The zero-order valence-electron chi connectivity index (χ0n) is 11.5. The predicted molar refractivity (Wildman–Crippen MR) is 76.8 cm³/mol. The van der Waals surface area contributed by atoms with E-state index in [1.165, 1.54) is 0 Å². The molecule has 9 nitrogen and oxygen atoms in total. The van der Waals surface area contributed by atoms with Gasteiger partial charge in [-0.15, -0.1) is 0 Å². The second-order valence-electron chi connectivity index (χ2n) is 4.78. The lowest BCUT2D eigenvalue weighted by molar-refractivity contribution is 0.239. The van der Waals surface area contributed by atoms with Crippen molar-refractivity contribution in [1.82, 2.24) is 24.9 Å². The third kappa shape index (κ3) is 4.49. The molecule has 4 N–H and O–H groups in total. The fourth-order valence-corrected chi connectivity index (χ4v) is 3.20. The highest BCUT2D eigenvalue weighted by Crippen LogP contribution is 1.99. The molecule has 0 amide bonds. The predicted octanol–water partition coefficient (Wildman–Crippen LogP) is -2.36. The Morgan fingerprint density at radius 1 is 1.24 bits per heavy atom. The van der Waals surface area contributed by atoms with Crippen LogP contribution >= 0.6 is 0 Å². The Bertz CT molecular complexity index is 674. The van der Waals surface area contributed by atoms with E-state index < -0.39 is 26.2 Å². The molecule has 118 valence electrons. The van der Waals surface area contributed by atoms with E-state index in [0.29, 0.717) is 6.42 Å². The normalized spacial score (nSPS) is 17.0. The number of H-pyrrole nitrogens is 2. The van der Waals surface area contributed by atoms with Gasteiger partial charge in [0.15, 0.2) is 4.90 Å². The summed E-state index contributed by atoms with van der Waals surface area (Å²) in [6, 6.07) is 0. The lowest BCUT2D eigenvalue weighted by Crippen LogP contribution is -2.44. The molecular weight excluding hydrogens is 298 g/mol. The molecule has 0 bridgehead atoms. The van der Waals surface area contributed by atoms with Crippen LogP contribution in [0.5, 0.6) is 0 Å². The molecule has 1 aromatic rings. The topological polar surface area (TPSA) is 127 Å². The summed E-state index contributed by atoms with van der Waals surface area (Å²) in [6.07, 6.45) is 1.56. The standard InChI is InChI=1S/C11H19N5O4S/c17-10-9(8-13-11(18)15-10)21(19,20)14-2-1-5-16-6-3-12-4-7-16/h8,12,14H,1-7H2,(H2,13,15,17,18). The van der Waals surface area contributed by atoms with Gasteiger partial charge in [-0.05, 0) is 13.0 Å². The molecule has 1 aliphatic heterocycles. The molecule has 10 heteroatoms. The minimum absolute atomic E-state index is 0.241. The van der Waals surface area contributed by atoms with Crippen molar-refractivity contribution in [2.45, 2.75) is 11.3 Å². The van der Waals surface area contributed by atoms with Crippen molar-refractivity contribution in [3.63, 3.8) is 0 Å². The fourth-order valence-electron chi connectivity index (χ4n) is 2.12. The molecule has 0 radical (unpaired) electrons. The zero-order chi connectivity index (χ0) is 15.3. The SMILES string of the molecule is O=c1[nH]cc(S(=O)(=O)NCCCN2CCNCC2)c(=O)[nH]1. The van der Waals surface area contributed by atoms with Crippen LogP contribution in [0.25, 0.3) is 0 Å². The molecule has 2 heterocycles. The maximum atomic E-state index is 11.9. The molecular formula is C11H19N5O4S. The highest BCUT2D eigenvalue weighted by atomic mass is 32.2. The average Bonchev–Trinajstić information content (AvgIpc) is 2.44. The summed E-state index contributed by atoms with van der Waals surface area (Å²) in [5.74, 6) is 0. The van der Waals surface area contributed by atoms with Crippen LogP contribution < -0.4 is 21.3 Å². The molecule has 1 saturated heterocycles. The third-order valence-electron chi connectivity index (χ3n) is 3.23. The minimum Gasteiger partial charge on any atom is -0.314 e. The number of piperazine rings is 1. The van der Waals surface area contributed by atoms with E-state index in [9.17, 15) is 18.0 Å². The van der Waals surface area contributed by atoms with Crippen LogP contribution in [0.1, 0.15) is 6.42 Å². The minimum atomic E-state index is -3.91. The van der Waals surface area contributed by atoms with Gasteiger partial charge >= 0.3 is 5.69 Å². The van der Waals surface area contributed by atoms with Gasteiger partial charge in [-0.3, -0.25) is 9.78 Å². The second kappa shape index (κ2) is 6.98. The number of nitrogens with zero attached hydrogens (tertiary/aromatic N) is 1. The van der Waals surface area contributed by atoms with E-state index in [0.717, 1.165) is 38.9 Å². The maximum Gasteiger partial charge on any atom is 0.325 e. The van der Waals surface area contributed by atoms with Crippen molar-refractivity contribution >= 4 is 10.0 Å². The maximum absolute atomic E-state index is 11.9. The first-order valence-corrected chi connectivity index (χ1v) is 8.22. The van der Waals surface area contributed by atoms with E-state index in [1.807, 2.05) is 4.98 Å². The summed E-state index contributed by atoms with van der Waals surface area (Å²) >= 11 is 0. The second-order valence-corrected chi connectivity index (χ2v) is 6.51. The summed E-state index contributed by atoms with van der Waals surface area (Å²) in [5, 5.41) is 3.24. The van der Waals surface area contributed by atoms with Crippen molar-refractivity contribution < 1.29 is 8.42 Å². The van der Waals surface area contributed by atoms with E-state index >= 15 is 0 Å². The monoisotopic (exact) mass is 317 g/mol. The molecule has 0 atom stereocenters. The zero-order valence-corrected chi connectivity index (χ0v) is 12.3. The van der Waals surface area contributed by atoms with Crippen molar-refractivity contribution in [2.75, 3.05) is 39.3 Å². The summed E-state index contributed by atoms with van der Waals surface area (Å²) in [6.45, 7) is 4.83. The van der Waals surface area contributed by atoms with Crippen molar-refractivity contribution in [3.8, 4) is 0 Å². The van der Waals surface area contributed by atoms with Crippen molar-refractivity contribution in [3.05, 3.63) is 27.0 Å². The number of nitrogens with one attached hydrogen (secondary N) is 4. The largest absolute Gasteiger partial charge is 0.325 e. The fraction of sp³-hybridized carbons (Fsp3) is 0.636. The number of aromatic nitrogens is 2. The summed E-state index contributed by atoms with van der Waals surface area (Å²) < 4.78 is 26.2. The van der Waals surface area contributed by atoms with Crippen LogP contribution in [0, 0.1) is 0 Å². The number of sulfonamides is 1. The van der Waals surface area contributed by atoms with Crippen LogP contribution in [0.15, 0.2) is 20.7 Å². The highest BCUT2D eigenvalue weighted by molar-refractivity contribution is 7.89. The van der Waals surface area contributed by atoms with Gasteiger partial charge in [0.05, 0.1) is 0 Å². The Hall–Kier alpha value is -1.49. The van der Waals surface area contributed by atoms with E-state index in [-0.39, 0.29) is 6.54 Å². The van der Waals surface area contributed by atoms with Crippen molar-refractivity contribution in [2.24, 2.45) is 0 Å². The van der Waals surface area contributed by atoms with Crippen molar-refractivity contribution in [1.29, 1.82) is 0 Å². The quantitative estimate of drug-likeness (QED) is 0.435. The number of aromatic amines is 2. The molecule has 0 aliphatic carbocycles. The number of hydrogen-bond donors (Lipinski definition) is 4. The Morgan fingerprint density at radius 3 is 2.62 bits per heavy atom. The van der Waals surface area contributed by atoms with E-state index in [1.54, 1.807) is 0 Å². The smallest absolute Gasteiger partial charge is 0.314 e. The van der Waals surface area contributed by atoms with Crippen LogP contribution in [-0.4, -0.2) is 62.6 Å². The first kappa shape index (κ1) is 15.9. The summed E-state index contributed by atoms with van der Waals surface area (Å²) in [7, 11) is -3.91. The van der Waals surface area contributed by atoms with Gasteiger partial charge in [-0.2, -0.15) is 0 Å². The van der Waals surface area contributed by atoms with Gasteiger partial charge in [0.25, 0.3) is 5.56 Å². The Labute approximate surface area is 121 Å². The Morgan fingerprint density at radius 2 is 1.95 bits per heavy atom. The molecule has 1 fully saturated rings.